The minimum atomic E-state index is -4.60. The maximum absolute atomic E-state index is 12.8. The molecule has 0 fully saturated rings. The molecule has 0 aromatic heterocycles. The summed E-state index contributed by atoms with van der Waals surface area (Å²) in [6, 6.07) is 2.03. The fourth-order valence-electron chi connectivity index (χ4n) is 1.02. The van der Waals surface area contributed by atoms with Crippen molar-refractivity contribution in [2.24, 2.45) is 10.4 Å². The summed E-state index contributed by atoms with van der Waals surface area (Å²) < 4.78 is 49.4. The molecule has 0 amide bonds. The third-order valence-electron chi connectivity index (χ3n) is 1.60. The zero-order valence-electron chi connectivity index (χ0n) is 7.29. The number of hydrogen-bond donors (Lipinski definition) is 1. The molecule has 82 valence electrons. The van der Waals surface area contributed by atoms with E-state index in [0.29, 0.717) is 6.07 Å². The maximum Gasteiger partial charge on any atom is 0.416 e. The summed E-state index contributed by atoms with van der Waals surface area (Å²) in [4.78, 5) is 0. The van der Waals surface area contributed by atoms with Crippen LogP contribution >= 0.6 is 0 Å². The molecule has 3 nitrogen and oxygen atoms in total. The molecule has 0 saturated carbocycles. The lowest BCUT2D eigenvalue weighted by atomic mass is 10.1. The Morgan fingerprint density at radius 1 is 1.20 bits per heavy atom. The van der Waals surface area contributed by atoms with E-state index in [1.807, 2.05) is 0 Å². The second kappa shape index (κ2) is 4.24. The van der Waals surface area contributed by atoms with E-state index in [-0.39, 0.29) is 12.1 Å². The number of alkyl halides is 3. The van der Waals surface area contributed by atoms with Crippen molar-refractivity contribution in [3.05, 3.63) is 35.1 Å². The molecular weight excluding hydrogens is 216 g/mol. The van der Waals surface area contributed by atoms with E-state index in [4.69, 9.17) is 5.21 Å². The number of benzene rings is 1. The van der Waals surface area contributed by atoms with Gasteiger partial charge < -0.3 is 5.21 Å². The molecule has 1 aromatic carbocycles. The van der Waals surface area contributed by atoms with Gasteiger partial charge in [0.25, 0.3) is 0 Å². The number of nitrogens with zero attached hydrogens (tertiary/aromatic N) is 2. The zero-order chi connectivity index (χ0) is 11.5. The van der Waals surface area contributed by atoms with Gasteiger partial charge in [-0.15, -0.1) is 5.11 Å². The van der Waals surface area contributed by atoms with Crippen molar-refractivity contribution in [3.63, 3.8) is 0 Å². The van der Waals surface area contributed by atoms with Gasteiger partial charge in [0.05, 0.1) is 12.1 Å². The van der Waals surface area contributed by atoms with Crippen molar-refractivity contribution < 1.29 is 22.8 Å². The van der Waals surface area contributed by atoms with Crippen LogP contribution in [0.15, 0.2) is 28.6 Å². The Hall–Kier alpha value is -1.66. The van der Waals surface area contributed by atoms with Crippen molar-refractivity contribution in [1.82, 2.24) is 0 Å². The summed E-state index contributed by atoms with van der Waals surface area (Å²) in [5, 5.41) is 13.4. The Kier molecular flexibility index (Phi) is 3.23. The summed E-state index contributed by atoms with van der Waals surface area (Å²) in [5.74, 6) is -1.01. The van der Waals surface area contributed by atoms with E-state index in [0.717, 1.165) is 12.1 Å². The fraction of sp³-hybridized carbons (Fsp3) is 0.250. The van der Waals surface area contributed by atoms with Gasteiger partial charge in [0.15, 0.2) is 0 Å². The standard InChI is InChI=1S/C8H6F4N2O/c9-7-2-5(4-13-14-15)1-6(3-7)8(10,11)12/h1-3H,4H2,(H,13,15). The van der Waals surface area contributed by atoms with Crippen molar-refractivity contribution in [3.8, 4) is 0 Å². The molecule has 0 unspecified atom stereocenters. The summed E-state index contributed by atoms with van der Waals surface area (Å²) in [5.41, 5.74) is -1.11. The van der Waals surface area contributed by atoms with Crippen LogP contribution in [0.4, 0.5) is 17.6 Å². The predicted molar refractivity (Wildman–Crippen MR) is 41.7 cm³/mol. The molecular formula is C8H6F4N2O. The first-order valence-corrected chi connectivity index (χ1v) is 3.81. The third kappa shape index (κ3) is 3.19. The highest BCUT2D eigenvalue weighted by Gasteiger charge is 2.31. The summed E-state index contributed by atoms with van der Waals surface area (Å²) in [6.07, 6.45) is -4.60. The first kappa shape index (κ1) is 11.4. The Bertz CT molecular complexity index is 375. The molecule has 0 spiro atoms. The van der Waals surface area contributed by atoms with Crippen LogP contribution in [0.1, 0.15) is 11.1 Å². The maximum atomic E-state index is 12.8. The van der Waals surface area contributed by atoms with E-state index in [1.54, 1.807) is 0 Å². The molecule has 7 heteroatoms. The van der Waals surface area contributed by atoms with Crippen LogP contribution < -0.4 is 0 Å². The Morgan fingerprint density at radius 2 is 1.87 bits per heavy atom. The van der Waals surface area contributed by atoms with Crippen LogP contribution in [0.25, 0.3) is 0 Å². The van der Waals surface area contributed by atoms with Crippen molar-refractivity contribution >= 4 is 0 Å². The van der Waals surface area contributed by atoms with Crippen molar-refractivity contribution in [2.45, 2.75) is 12.7 Å². The van der Waals surface area contributed by atoms with Crippen LogP contribution in [0.3, 0.4) is 0 Å². The van der Waals surface area contributed by atoms with Gasteiger partial charge in [-0.25, -0.2) is 4.39 Å². The van der Waals surface area contributed by atoms with Gasteiger partial charge in [-0.05, 0) is 23.8 Å². The highest BCUT2D eigenvalue weighted by Crippen LogP contribution is 2.30. The highest BCUT2D eigenvalue weighted by molar-refractivity contribution is 5.26. The topological polar surface area (TPSA) is 45.0 Å². The molecule has 1 aromatic rings. The molecule has 0 aliphatic carbocycles. The Labute approximate surface area is 82.0 Å². The zero-order valence-corrected chi connectivity index (χ0v) is 7.29. The molecule has 0 aliphatic heterocycles. The van der Waals surface area contributed by atoms with Gasteiger partial charge >= 0.3 is 6.18 Å². The van der Waals surface area contributed by atoms with Gasteiger partial charge in [0.1, 0.15) is 5.82 Å². The average molecular weight is 222 g/mol. The van der Waals surface area contributed by atoms with Crippen LogP contribution in [-0.4, -0.2) is 5.21 Å². The monoisotopic (exact) mass is 222 g/mol. The van der Waals surface area contributed by atoms with Gasteiger partial charge in [-0.3, -0.25) is 0 Å². The Balaban J connectivity index is 3.05. The number of rotatable bonds is 2. The van der Waals surface area contributed by atoms with Gasteiger partial charge in [0, 0.05) is 5.28 Å². The number of hydrogen-bond acceptors (Lipinski definition) is 2. The third-order valence-corrected chi connectivity index (χ3v) is 1.60. The quantitative estimate of drug-likeness (QED) is 0.466. The molecule has 0 heterocycles. The predicted octanol–water partition coefficient (Wildman–Crippen LogP) is 3.19. The number of halogens is 4. The molecule has 1 rings (SSSR count). The van der Waals surface area contributed by atoms with Gasteiger partial charge in [-0.2, -0.15) is 13.2 Å². The van der Waals surface area contributed by atoms with E-state index in [1.165, 1.54) is 0 Å². The second-order valence-corrected chi connectivity index (χ2v) is 2.73. The van der Waals surface area contributed by atoms with E-state index < -0.39 is 17.6 Å². The molecule has 0 radical (unpaired) electrons. The van der Waals surface area contributed by atoms with E-state index >= 15 is 0 Å². The van der Waals surface area contributed by atoms with Gasteiger partial charge in [0.2, 0.25) is 0 Å². The first-order valence-electron chi connectivity index (χ1n) is 3.81. The lowest BCUT2D eigenvalue weighted by Crippen LogP contribution is -2.06. The normalized spacial score (nSPS) is 12.3. The Morgan fingerprint density at radius 3 is 2.40 bits per heavy atom. The van der Waals surface area contributed by atoms with E-state index in [9.17, 15) is 17.6 Å². The summed E-state index contributed by atoms with van der Waals surface area (Å²) in [6.45, 7) is -0.308. The molecule has 0 atom stereocenters. The van der Waals surface area contributed by atoms with Crippen molar-refractivity contribution in [2.75, 3.05) is 0 Å². The second-order valence-electron chi connectivity index (χ2n) is 2.73. The van der Waals surface area contributed by atoms with Crippen LogP contribution in [0.5, 0.6) is 0 Å². The van der Waals surface area contributed by atoms with Crippen LogP contribution in [-0.2, 0) is 12.7 Å². The minimum Gasteiger partial charge on any atom is -0.395 e. The smallest absolute Gasteiger partial charge is 0.395 e. The molecule has 0 aliphatic rings. The van der Waals surface area contributed by atoms with Crippen LogP contribution in [0, 0.1) is 5.82 Å². The molecule has 15 heavy (non-hydrogen) atoms. The van der Waals surface area contributed by atoms with Crippen molar-refractivity contribution in [1.29, 1.82) is 0 Å². The minimum absolute atomic E-state index is 0.0138. The molecule has 0 bridgehead atoms. The van der Waals surface area contributed by atoms with E-state index in [2.05, 4.69) is 10.4 Å². The first-order chi connectivity index (χ1) is 6.93. The van der Waals surface area contributed by atoms with Gasteiger partial charge in [-0.1, -0.05) is 0 Å². The average Bonchev–Trinajstić information content (AvgIpc) is 2.12. The molecule has 0 saturated heterocycles. The lowest BCUT2D eigenvalue weighted by molar-refractivity contribution is -0.137. The largest absolute Gasteiger partial charge is 0.416 e. The SMILES string of the molecule is ON=NCc1cc(F)cc(C(F)(F)F)c1. The molecule has 1 N–H and O–H groups in total. The summed E-state index contributed by atoms with van der Waals surface area (Å²) in [7, 11) is 0. The lowest BCUT2D eigenvalue weighted by Gasteiger charge is -2.07. The highest BCUT2D eigenvalue weighted by atomic mass is 19.4. The fourth-order valence-corrected chi connectivity index (χ4v) is 1.02. The summed E-state index contributed by atoms with van der Waals surface area (Å²) >= 11 is 0. The van der Waals surface area contributed by atoms with Crippen LogP contribution in [0.2, 0.25) is 0 Å².